The minimum atomic E-state index is 1.03. The molecule has 0 saturated heterocycles. The Labute approximate surface area is 60.4 Å². The zero-order valence-corrected chi connectivity index (χ0v) is 5.62. The first-order valence-corrected chi connectivity index (χ1v) is 3.39. The molecule has 0 atom stereocenters. The van der Waals surface area contributed by atoms with Crippen molar-refractivity contribution in [1.82, 2.24) is 5.32 Å². The van der Waals surface area contributed by atoms with E-state index in [-0.39, 0.29) is 0 Å². The van der Waals surface area contributed by atoms with Crippen LogP contribution in [0.15, 0.2) is 47.9 Å². The molecule has 1 aliphatic heterocycles. The average molecular weight is 130 g/mol. The first-order chi connectivity index (χ1) is 4.97. The van der Waals surface area contributed by atoms with Crippen LogP contribution in [0.25, 0.3) is 0 Å². The molecule has 0 aromatic carbocycles. The van der Waals surface area contributed by atoms with Gasteiger partial charge in [0.05, 0.1) is 0 Å². The highest BCUT2D eigenvalue weighted by molar-refractivity contribution is 5.47. The van der Waals surface area contributed by atoms with Gasteiger partial charge in [-0.25, -0.2) is 0 Å². The second kappa shape index (κ2) is 2.18. The van der Waals surface area contributed by atoms with Crippen molar-refractivity contribution in [3.8, 4) is 0 Å². The molecular formula is C9H8N. The van der Waals surface area contributed by atoms with E-state index in [0.717, 1.165) is 6.42 Å². The summed E-state index contributed by atoms with van der Waals surface area (Å²) in [5.74, 6) is 0. The fraction of sp³-hybridized carbons (Fsp3) is 0.111. The molecule has 0 unspecified atom stereocenters. The third-order valence-electron chi connectivity index (χ3n) is 1.69. The lowest BCUT2D eigenvalue weighted by atomic mass is 9.98. The fourth-order valence-corrected chi connectivity index (χ4v) is 1.14. The molecule has 10 heavy (non-hydrogen) atoms. The molecule has 0 spiro atoms. The second-order valence-electron chi connectivity index (χ2n) is 2.37. The normalized spacial score (nSPS) is 20.8. The van der Waals surface area contributed by atoms with Gasteiger partial charge in [0.1, 0.15) is 0 Å². The Bertz CT molecular complexity index is 254. The number of allylic oxidation sites excluding steroid dienone is 6. The molecule has 1 heteroatoms. The lowest BCUT2D eigenvalue weighted by Crippen LogP contribution is -1.99. The van der Waals surface area contributed by atoms with Gasteiger partial charge in [0.15, 0.2) is 0 Å². The van der Waals surface area contributed by atoms with Crippen LogP contribution in [0.3, 0.4) is 0 Å². The molecule has 1 heterocycles. The minimum absolute atomic E-state index is 1.03. The molecule has 0 fully saturated rings. The molecule has 2 aliphatic rings. The van der Waals surface area contributed by atoms with Crippen molar-refractivity contribution in [1.29, 1.82) is 0 Å². The summed E-state index contributed by atoms with van der Waals surface area (Å²) in [5, 5.41) is 4.04. The summed E-state index contributed by atoms with van der Waals surface area (Å²) in [6.45, 7) is 0. The quantitative estimate of drug-likeness (QED) is 0.475. The van der Waals surface area contributed by atoms with Crippen LogP contribution in [0.5, 0.6) is 0 Å². The van der Waals surface area contributed by atoms with Gasteiger partial charge in [0, 0.05) is 12.4 Å². The average Bonchev–Trinajstić information content (AvgIpc) is 2.05. The number of rotatable bonds is 0. The third-order valence-corrected chi connectivity index (χ3v) is 1.69. The predicted octanol–water partition coefficient (Wildman–Crippen LogP) is 1.89. The number of nitrogens with zero attached hydrogens (tertiary/aromatic N) is 1. The van der Waals surface area contributed by atoms with Crippen molar-refractivity contribution in [3.63, 3.8) is 0 Å². The number of hydrogen-bond donors (Lipinski definition) is 0. The van der Waals surface area contributed by atoms with Gasteiger partial charge in [-0.2, -0.15) is 0 Å². The van der Waals surface area contributed by atoms with Crippen molar-refractivity contribution in [2.24, 2.45) is 0 Å². The Morgan fingerprint density at radius 3 is 3.30 bits per heavy atom. The highest BCUT2D eigenvalue weighted by atomic mass is 14.8. The summed E-state index contributed by atoms with van der Waals surface area (Å²) in [4.78, 5) is 0. The topological polar surface area (TPSA) is 14.1 Å². The van der Waals surface area contributed by atoms with E-state index < -0.39 is 0 Å². The summed E-state index contributed by atoms with van der Waals surface area (Å²) >= 11 is 0. The van der Waals surface area contributed by atoms with E-state index in [0.29, 0.717) is 0 Å². The van der Waals surface area contributed by atoms with E-state index in [2.05, 4.69) is 23.5 Å². The zero-order chi connectivity index (χ0) is 6.81. The molecule has 0 aromatic rings. The van der Waals surface area contributed by atoms with Gasteiger partial charge in [0.25, 0.3) is 0 Å². The molecule has 0 saturated carbocycles. The van der Waals surface area contributed by atoms with Crippen LogP contribution in [0.4, 0.5) is 0 Å². The summed E-state index contributed by atoms with van der Waals surface area (Å²) in [5.41, 5.74) is 2.63. The molecule has 1 aliphatic carbocycles. The van der Waals surface area contributed by atoms with Crippen molar-refractivity contribution in [2.75, 3.05) is 0 Å². The van der Waals surface area contributed by atoms with Crippen molar-refractivity contribution < 1.29 is 0 Å². The van der Waals surface area contributed by atoms with Crippen LogP contribution in [-0.4, -0.2) is 0 Å². The van der Waals surface area contributed by atoms with E-state index in [1.54, 1.807) is 0 Å². The van der Waals surface area contributed by atoms with Gasteiger partial charge < -0.3 is 0 Å². The maximum atomic E-state index is 4.04. The first-order valence-electron chi connectivity index (χ1n) is 3.39. The fourth-order valence-electron chi connectivity index (χ4n) is 1.14. The Balaban J connectivity index is 2.39. The van der Waals surface area contributed by atoms with Crippen molar-refractivity contribution in [2.45, 2.75) is 6.42 Å². The van der Waals surface area contributed by atoms with Crippen LogP contribution in [0, 0.1) is 0 Å². The molecular weight excluding hydrogens is 122 g/mol. The molecule has 1 radical (unpaired) electrons. The Hall–Kier alpha value is -1.24. The van der Waals surface area contributed by atoms with Crippen molar-refractivity contribution in [3.05, 3.63) is 47.9 Å². The molecule has 0 N–H and O–H groups in total. The van der Waals surface area contributed by atoms with Gasteiger partial charge in [-0.3, -0.25) is 5.32 Å². The third kappa shape index (κ3) is 0.798. The zero-order valence-electron chi connectivity index (χ0n) is 5.62. The summed E-state index contributed by atoms with van der Waals surface area (Å²) < 4.78 is 0. The standard InChI is InChI=1S/C9H8N/c1-2-4-9-7-10-6-5-8(9)3-1/h1-3,5-7H,4H2. The van der Waals surface area contributed by atoms with Gasteiger partial charge >= 0.3 is 0 Å². The maximum absolute atomic E-state index is 4.04. The summed E-state index contributed by atoms with van der Waals surface area (Å²) in [7, 11) is 0. The molecule has 0 bridgehead atoms. The Morgan fingerprint density at radius 1 is 1.40 bits per heavy atom. The van der Waals surface area contributed by atoms with E-state index in [1.165, 1.54) is 11.1 Å². The predicted molar refractivity (Wildman–Crippen MR) is 41.2 cm³/mol. The first kappa shape index (κ1) is 5.54. The van der Waals surface area contributed by atoms with Crippen molar-refractivity contribution >= 4 is 0 Å². The van der Waals surface area contributed by atoms with Gasteiger partial charge in [0.2, 0.25) is 0 Å². The summed E-state index contributed by atoms with van der Waals surface area (Å²) in [6, 6.07) is 0. The second-order valence-corrected chi connectivity index (χ2v) is 2.37. The van der Waals surface area contributed by atoms with Gasteiger partial charge in [-0.1, -0.05) is 18.2 Å². The maximum Gasteiger partial charge on any atom is 0.0309 e. The van der Waals surface area contributed by atoms with Crippen LogP contribution in [0.1, 0.15) is 6.42 Å². The SMILES string of the molecule is C1=CCC2=C[N]C=CC2=C1. The van der Waals surface area contributed by atoms with Crippen LogP contribution >= 0.6 is 0 Å². The van der Waals surface area contributed by atoms with E-state index >= 15 is 0 Å². The largest absolute Gasteiger partial charge is 0.264 e. The monoisotopic (exact) mass is 130 g/mol. The Kier molecular flexibility index (Phi) is 1.21. The molecule has 2 rings (SSSR count). The molecule has 0 aromatic heterocycles. The molecule has 1 nitrogen and oxygen atoms in total. The summed E-state index contributed by atoms with van der Waals surface area (Å²) in [6.07, 6.45) is 13.2. The van der Waals surface area contributed by atoms with Gasteiger partial charge in [-0.05, 0) is 23.6 Å². The lowest BCUT2D eigenvalue weighted by molar-refractivity contribution is 1.06. The molecule has 0 amide bonds. The van der Waals surface area contributed by atoms with E-state index in [1.807, 2.05) is 18.5 Å². The van der Waals surface area contributed by atoms with Crippen LogP contribution in [-0.2, 0) is 0 Å². The number of fused-ring (bicyclic) bond motifs is 1. The van der Waals surface area contributed by atoms with Crippen LogP contribution in [0.2, 0.25) is 0 Å². The smallest absolute Gasteiger partial charge is 0.0309 e. The Morgan fingerprint density at radius 2 is 2.40 bits per heavy atom. The number of hydrogen-bond acceptors (Lipinski definition) is 0. The van der Waals surface area contributed by atoms with Crippen LogP contribution < -0.4 is 5.32 Å². The highest BCUT2D eigenvalue weighted by Crippen LogP contribution is 2.21. The molecule has 49 valence electrons. The van der Waals surface area contributed by atoms with Gasteiger partial charge in [-0.15, -0.1) is 0 Å². The van der Waals surface area contributed by atoms with E-state index in [4.69, 9.17) is 0 Å². The minimum Gasteiger partial charge on any atom is -0.264 e. The van der Waals surface area contributed by atoms with E-state index in [9.17, 15) is 0 Å². The lowest BCUT2D eigenvalue weighted by Gasteiger charge is -2.11. The highest BCUT2D eigenvalue weighted by Gasteiger charge is 2.05.